The van der Waals surface area contributed by atoms with E-state index in [1.54, 1.807) is 6.33 Å². The fourth-order valence-corrected chi connectivity index (χ4v) is 3.08. The molecule has 0 amide bonds. The number of piperazine rings is 1. The molecule has 6 heteroatoms. The zero-order valence-corrected chi connectivity index (χ0v) is 13.3. The summed E-state index contributed by atoms with van der Waals surface area (Å²) in [5.74, 6) is 1.78. The van der Waals surface area contributed by atoms with Gasteiger partial charge in [-0.15, -0.1) is 0 Å². The number of aryl methyl sites for hydroxylation is 1. The first-order chi connectivity index (χ1) is 11.3. The Labute approximate surface area is 135 Å². The largest absolute Gasteiger partial charge is 0.368 e. The minimum atomic E-state index is 0.685. The van der Waals surface area contributed by atoms with E-state index in [4.69, 9.17) is 0 Å². The molecule has 0 radical (unpaired) electrons. The van der Waals surface area contributed by atoms with Crippen molar-refractivity contribution in [3.8, 4) is 0 Å². The molecule has 1 aliphatic rings. The molecule has 0 unspecified atom stereocenters. The van der Waals surface area contributed by atoms with Crippen LogP contribution in [0.3, 0.4) is 0 Å². The molecule has 6 nitrogen and oxygen atoms in total. The third-order valence-electron chi connectivity index (χ3n) is 4.37. The second-order valence-corrected chi connectivity index (χ2v) is 5.74. The van der Waals surface area contributed by atoms with Crippen LogP contribution in [-0.4, -0.2) is 45.8 Å². The number of anilines is 2. The van der Waals surface area contributed by atoms with Crippen LogP contribution in [0.1, 0.15) is 12.6 Å². The maximum absolute atomic E-state index is 4.52. The molecule has 0 saturated carbocycles. The van der Waals surface area contributed by atoms with E-state index in [1.807, 2.05) is 4.52 Å². The third kappa shape index (κ3) is 2.60. The average Bonchev–Trinajstić information content (AvgIpc) is 3.10. The molecule has 118 valence electrons. The molecule has 0 aliphatic carbocycles. The molecule has 1 aromatic carbocycles. The van der Waals surface area contributed by atoms with Gasteiger partial charge in [0.1, 0.15) is 12.1 Å². The first-order valence-electron chi connectivity index (χ1n) is 8.10. The van der Waals surface area contributed by atoms with Gasteiger partial charge in [-0.2, -0.15) is 14.6 Å². The number of nitrogens with zero attached hydrogens (tertiary/aromatic N) is 6. The van der Waals surface area contributed by atoms with Crippen molar-refractivity contribution >= 4 is 17.3 Å². The maximum Gasteiger partial charge on any atom is 0.254 e. The molecule has 4 rings (SSSR count). The van der Waals surface area contributed by atoms with E-state index in [2.05, 4.69) is 68.2 Å². The summed E-state index contributed by atoms with van der Waals surface area (Å²) in [6, 6.07) is 12.7. The Bertz CT molecular complexity index is 789. The van der Waals surface area contributed by atoms with E-state index >= 15 is 0 Å². The molecule has 3 heterocycles. The van der Waals surface area contributed by atoms with Gasteiger partial charge in [-0.05, 0) is 18.6 Å². The predicted molar refractivity (Wildman–Crippen MR) is 91.0 cm³/mol. The smallest absolute Gasteiger partial charge is 0.254 e. The van der Waals surface area contributed by atoms with Crippen molar-refractivity contribution in [3.05, 3.63) is 48.4 Å². The Kier molecular flexibility index (Phi) is 3.57. The lowest BCUT2D eigenvalue weighted by molar-refractivity contribution is 0.638. The molecule has 0 bridgehead atoms. The van der Waals surface area contributed by atoms with Gasteiger partial charge in [0.25, 0.3) is 5.78 Å². The summed E-state index contributed by atoms with van der Waals surface area (Å²) >= 11 is 0. The molecule has 1 saturated heterocycles. The van der Waals surface area contributed by atoms with Crippen molar-refractivity contribution in [3.63, 3.8) is 0 Å². The number of benzene rings is 1. The Morgan fingerprint density at radius 3 is 2.48 bits per heavy atom. The van der Waals surface area contributed by atoms with Crippen LogP contribution in [0, 0.1) is 0 Å². The van der Waals surface area contributed by atoms with E-state index in [1.165, 1.54) is 5.69 Å². The van der Waals surface area contributed by atoms with Crippen LogP contribution in [0.5, 0.6) is 0 Å². The summed E-state index contributed by atoms with van der Waals surface area (Å²) in [6.07, 6.45) is 2.48. The molecule has 2 aromatic heterocycles. The van der Waals surface area contributed by atoms with Gasteiger partial charge in [0.15, 0.2) is 0 Å². The Balaban J connectivity index is 1.58. The van der Waals surface area contributed by atoms with Crippen molar-refractivity contribution in [2.75, 3.05) is 36.0 Å². The van der Waals surface area contributed by atoms with Gasteiger partial charge < -0.3 is 9.80 Å². The summed E-state index contributed by atoms with van der Waals surface area (Å²) in [5.41, 5.74) is 2.35. The molecule has 0 spiro atoms. The van der Waals surface area contributed by atoms with Gasteiger partial charge >= 0.3 is 0 Å². The molecule has 1 aliphatic heterocycles. The second kappa shape index (κ2) is 5.87. The monoisotopic (exact) mass is 308 g/mol. The quantitative estimate of drug-likeness (QED) is 0.741. The highest BCUT2D eigenvalue weighted by Crippen LogP contribution is 2.21. The standard InChI is InChI=1S/C17H20N6/c1-2-14-12-16(23-17(20-14)18-13-19-23)22-10-8-21(9-11-22)15-6-4-3-5-7-15/h3-7,12-13H,2,8-11H2,1H3. The van der Waals surface area contributed by atoms with Gasteiger partial charge in [0.2, 0.25) is 0 Å². The summed E-state index contributed by atoms with van der Waals surface area (Å²) in [7, 11) is 0. The van der Waals surface area contributed by atoms with Crippen LogP contribution < -0.4 is 9.80 Å². The van der Waals surface area contributed by atoms with E-state index in [-0.39, 0.29) is 0 Å². The van der Waals surface area contributed by atoms with Crippen molar-refractivity contribution in [1.29, 1.82) is 0 Å². The minimum Gasteiger partial charge on any atom is -0.368 e. The summed E-state index contributed by atoms with van der Waals surface area (Å²) in [5, 5.41) is 4.33. The lowest BCUT2D eigenvalue weighted by Crippen LogP contribution is -2.47. The molecule has 23 heavy (non-hydrogen) atoms. The van der Waals surface area contributed by atoms with E-state index < -0.39 is 0 Å². The first-order valence-corrected chi connectivity index (χ1v) is 8.10. The molecular weight excluding hydrogens is 288 g/mol. The van der Waals surface area contributed by atoms with Crippen LogP contribution in [0.2, 0.25) is 0 Å². The van der Waals surface area contributed by atoms with E-state index in [9.17, 15) is 0 Å². The zero-order chi connectivity index (χ0) is 15.6. The number of hydrogen-bond acceptors (Lipinski definition) is 5. The fraction of sp³-hybridized carbons (Fsp3) is 0.353. The molecule has 0 N–H and O–H groups in total. The number of hydrogen-bond donors (Lipinski definition) is 0. The average molecular weight is 308 g/mol. The molecular formula is C17H20N6. The Morgan fingerprint density at radius 1 is 1.00 bits per heavy atom. The van der Waals surface area contributed by atoms with Crippen LogP contribution in [0.25, 0.3) is 5.78 Å². The minimum absolute atomic E-state index is 0.685. The van der Waals surface area contributed by atoms with Crippen LogP contribution in [-0.2, 0) is 6.42 Å². The number of aromatic nitrogens is 4. The van der Waals surface area contributed by atoms with Crippen molar-refractivity contribution in [2.24, 2.45) is 0 Å². The second-order valence-electron chi connectivity index (χ2n) is 5.74. The highest BCUT2D eigenvalue weighted by Gasteiger charge is 2.20. The number of rotatable bonds is 3. The van der Waals surface area contributed by atoms with Crippen LogP contribution in [0.4, 0.5) is 11.5 Å². The van der Waals surface area contributed by atoms with Crippen LogP contribution in [0.15, 0.2) is 42.7 Å². The Hall–Kier alpha value is -2.63. The molecule has 0 atom stereocenters. The topological polar surface area (TPSA) is 49.6 Å². The van der Waals surface area contributed by atoms with Gasteiger partial charge in [0, 0.05) is 43.6 Å². The highest BCUT2D eigenvalue weighted by atomic mass is 15.4. The van der Waals surface area contributed by atoms with E-state index in [0.717, 1.165) is 44.1 Å². The zero-order valence-electron chi connectivity index (χ0n) is 13.3. The van der Waals surface area contributed by atoms with Gasteiger partial charge in [-0.25, -0.2) is 4.98 Å². The summed E-state index contributed by atoms with van der Waals surface area (Å²) in [4.78, 5) is 13.6. The number of para-hydroxylation sites is 1. The lowest BCUT2D eigenvalue weighted by Gasteiger charge is -2.37. The third-order valence-corrected chi connectivity index (χ3v) is 4.37. The fourth-order valence-electron chi connectivity index (χ4n) is 3.08. The van der Waals surface area contributed by atoms with Gasteiger partial charge in [-0.3, -0.25) is 0 Å². The van der Waals surface area contributed by atoms with Crippen molar-refractivity contribution in [2.45, 2.75) is 13.3 Å². The Morgan fingerprint density at radius 2 is 1.74 bits per heavy atom. The van der Waals surface area contributed by atoms with Crippen molar-refractivity contribution in [1.82, 2.24) is 19.6 Å². The normalized spacial score (nSPS) is 15.3. The summed E-state index contributed by atoms with van der Waals surface area (Å²) in [6.45, 7) is 6.06. The highest BCUT2D eigenvalue weighted by molar-refractivity contribution is 5.51. The van der Waals surface area contributed by atoms with Crippen molar-refractivity contribution < 1.29 is 0 Å². The van der Waals surface area contributed by atoms with Gasteiger partial charge in [0.05, 0.1) is 0 Å². The van der Waals surface area contributed by atoms with E-state index in [0.29, 0.717) is 5.78 Å². The summed E-state index contributed by atoms with van der Waals surface area (Å²) < 4.78 is 1.84. The maximum atomic E-state index is 4.52. The van der Waals surface area contributed by atoms with Crippen LogP contribution >= 0.6 is 0 Å². The number of fused-ring (bicyclic) bond motifs is 1. The lowest BCUT2D eigenvalue weighted by atomic mass is 10.2. The predicted octanol–water partition coefficient (Wildman–Crippen LogP) is 2.01. The molecule has 1 fully saturated rings. The SMILES string of the molecule is CCc1cc(N2CCN(c3ccccc3)CC2)n2ncnc2n1. The first kappa shape index (κ1) is 14.0. The molecule has 3 aromatic rings. The van der Waals surface area contributed by atoms with Gasteiger partial charge in [-0.1, -0.05) is 25.1 Å².